The first kappa shape index (κ1) is 16.9. The third-order valence-corrected chi connectivity index (χ3v) is 4.92. The minimum atomic E-state index is -3.42. The summed E-state index contributed by atoms with van der Waals surface area (Å²) in [7, 11) is 0. The number of rotatable bonds is 1. The molecule has 0 aliphatic carbocycles. The normalized spacial score (nSPS) is 18.5. The molecule has 0 radical (unpaired) electrons. The highest BCUT2D eigenvalue weighted by molar-refractivity contribution is 5.94. The zero-order valence-corrected chi connectivity index (χ0v) is 14.2. The molecule has 1 nitrogen and oxygen atoms in total. The highest BCUT2D eigenvalue weighted by Gasteiger charge is 2.44. The van der Waals surface area contributed by atoms with Crippen LogP contribution < -0.4 is 4.74 Å². The van der Waals surface area contributed by atoms with E-state index in [4.69, 9.17) is 4.74 Å². The van der Waals surface area contributed by atoms with Crippen molar-refractivity contribution in [2.75, 3.05) is 0 Å². The molecule has 0 N–H and O–H groups in total. The second-order valence-corrected chi connectivity index (χ2v) is 6.84. The van der Waals surface area contributed by atoms with Crippen LogP contribution in [0.1, 0.15) is 18.1 Å². The fourth-order valence-electron chi connectivity index (χ4n) is 3.34. The van der Waals surface area contributed by atoms with Crippen molar-refractivity contribution in [1.82, 2.24) is 0 Å². The number of ether oxygens (including phenoxy) is 1. The molecule has 0 aromatic heterocycles. The quantitative estimate of drug-likeness (QED) is 0.466. The monoisotopic (exact) mass is 360 g/mol. The van der Waals surface area contributed by atoms with Gasteiger partial charge in [0.05, 0.1) is 11.3 Å². The summed E-state index contributed by atoms with van der Waals surface area (Å²) in [4.78, 5) is 0. The number of fused-ring (bicyclic) bond motifs is 3. The van der Waals surface area contributed by atoms with Crippen molar-refractivity contribution in [2.24, 2.45) is 5.92 Å². The molecule has 0 fully saturated rings. The Labute approximate surface area is 148 Å². The van der Waals surface area contributed by atoms with Gasteiger partial charge >= 0.3 is 6.11 Å². The molecule has 26 heavy (non-hydrogen) atoms. The van der Waals surface area contributed by atoms with Crippen LogP contribution in [0.25, 0.3) is 21.9 Å². The first-order valence-corrected chi connectivity index (χ1v) is 8.35. The fraction of sp³-hybridized carbons (Fsp3) is 0.238. The molecule has 1 aliphatic heterocycles. The number of hydrogen-bond donors (Lipinski definition) is 0. The van der Waals surface area contributed by atoms with E-state index < -0.39 is 23.7 Å². The Kier molecular flexibility index (Phi) is 3.72. The molecule has 0 spiro atoms. The zero-order valence-electron chi connectivity index (χ0n) is 14.2. The van der Waals surface area contributed by atoms with E-state index in [1.54, 1.807) is 36.4 Å². The first-order chi connectivity index (χ1) is 12.3. The summed E-state index contributed by atoms with van der Waals surface area (Å²) in [6.07, 6.45) is -3.38. The molecular formula is C21H16F4O. The molecule has 0 amide bonds. The van der Waals surface area contributed by atoms with Gasteiger partial charge < -0.3 is 4.74 Å². The van der Waals surface area contributed by atoms with Gasteiger partial charge in [0, 0.05) is 5.56 Å². The number of benzene rings is 3. The Hall–Kier alpha value is -2.56. The van der Waals surface area contributed by atoms with E-state index in [2.05, 4.69) is 0 Å². The molecule has 4 rings (SSSR count). The summed E-state index contributed by atoms with van der Waals surface area (Å²) >= 11 is 0. The van der Waals surface area contributed by atoms with E-state index in [0.29, 0.717) is 16.5 Å². The van der Waals surface area contributed by atoms with Crippen LogP contribution in [0.15, 0.2) is 42.5 Å². The summed E-state index contributed by atoms with van der Waals surface area (Å²) in [5.41, 5.74) is 2.06. The van der Waals surface area contributed by atoms with Crippen LogP contribution in [-0.4, -0.2) is 6.11 Å². The average molecular weight is 360 g/mol. The van der Waals surface area contributed by atoms with Crippen LogP contribution in [0.3, 0.4) is 0 Å². The highest BCUT2D eigenvalue weighted by atomic mass is 19.3. The van der Waals surface area contributed by atoms with Crippen LogP contribution in [0.2, 0.25) is 0 Å². The Morgan fingerprint density at radius 2 is 1.69 bits per heavy atom. The number of aryl methyl sites for hydroxylation is 1. The molecular weight excluding hydrogens is 344 g/mol. The Morgan fingerprint density at radius 3 is 2.38 bits per heavy atom. The molecule has 1 atom stereocenters. The van der Waals surface area contributed by atoms with Gasteiger partial charge in [-0.25, -0.2) is 8.78 Å². The van der Waals surface area contributed by atoms with Gasteiger partial charge in [0.25, 0.3) is 0 Å². The van der Waals surface area contributed by atoms with E-state index in [1.807, 2.05) is 6.92 Å². The fourth-order valence-corrected chi connectivity index (χ4v) is 3.34. The third kappa shape index (κ3) is 2.54. The van der Waals surface area contributed by atoms with Crippen molar-refractivity contribution in [2.45, 2.75) is 26.4 Å². The predicted octanol–water partition coefficient (Wildman–Crippen LogP) is 6.26. The lowest BCUT2D eigenvalue weighted by Gasteiger charge is -2.31. The van der Waals surface area contributed by atoms with E-state index in [-0.39, 0.29) is 23.1 Å². The maximum absolute atomic E-state index is 14.9. The molecule has 1 aliphatic rings. The number of alkyl halides is 2. The second-order valence-electron chi connectivity index (χ2n) is 6.84. The van der Waals surface area contributed by atoms with Crippen molar-refractivity contribution in [3.63, 3.8) is 0 Å². The SMILES string of the molecule is Cc1ccc(-c2cc3ccc4c(c3c(F)c2F)OC(F)(F)C(C)C4)cc1. The van der Waals surface area contributed by atoms with Crippen LogP contribution in [0.5, 0.6) is 5.75 Å². The summed E-state index contributed by atoms with van der Waals surface area (Å²) in [5.74, 6) is -3.54. The van der Waals surface area contributed by atoms with Crippen LogP contribution in [-0.2, 0) is 6.42 Å². The molecule has 3 aromatic carbocycles. The zero-order chi connectivity index (χ0) is 18.6. The van der Waals surface area contributed by atoms with E-state index in [0.717, 1.165) is 5.56 Å². The minimum absolute atomic E-state index is 0.0407. The van der Waals surface area contributed by atoms with Gasteiger partial charge in [-0.15, -0.1) is 0 Å². The van der Waals surface area contributed by atoms with E-state index in [9.17, 15) is 17.6 Å². The van der Waals surface area contributed by atoms with Gasteiger partial charge in [-0.05, 0) is 35.9 Å². The third-order valence-electron chi connectivity index (χ3n) is 4.92. The minimum Gasteiger partial charge on any atom is -0.431 e. The molecule has 1 heterocycles. The van der Waals surface area contributed by atoms with Gasteiger partial charge in [0.15, 0.2) is 11.6 Å². The van der Waals surface area contributed by atoms with Crippen LogP contribution in [0, 0.1) is 24.5 Å². The van der Waals surface area contributed by atoms with E-state index in [1.165, 1.54) is 13.0 Å². The van der Waals surface area contributed by atoms with Crippen molar-refractivity contribution in [3.05, 3.63) is 65.2 Å². The molecule has 3 aromatic rings. The van der Waals surface area contributed by atoms with Crippen molar-refractivity contribution in [1.29, 1.82) is 0 Å². The van der Waals surface area contributed by atoms with Crippen LogP contribution in [0.4, 0.5) is 17.6 Å². The summed E-state index contributed by atoms with van der Waals surface area (Å²) < 4.78 is 62.4. The lowest BCUT2D eigenvalue weighted by atomic mass is 9.92. The molecule has 0 saturated carbocycles. The van der Waals surface area contributed by atoms with Crippen molar-refractivity contribution in [3.8, 4) is 16.9 Å². The lowest BCUT2D eigenvalue weighted by molar-refractivity contribution is -0.218. The molecule has 1 unspecified atom stereocenters. The lowest BCUT2D eigenvalue weighted by Crippen LogP contribution is -2.38. The van der Waals surface area contributed by atoms with Gasteiger partial charge in [0.2, 0.25) is 0 Å². The molecule has 0 bridgehead atoms. The van der Waals surface area contributed by atoms with Crippen molar-refractivity contribution >= 4 is 10.8 Å². The Balaban J connectivity index is 1.96. The molecule has 0 saturated heterocycles. The van der Waals surface area contributed by atoms with E-state index >= 15 is 0 Å². The van der Waals surface area contributed by atoms with Gasteiger partial charge in [-0.1, -0.05) is 48.9 Å². The standard InChI is InChI=1S/C21H16F4O/c1-11-3-5-13(6-4-11)16-10-14-7-8-15-9-12(2)21(24,25)26-20(15)17(14)19(23)18(16)22/h3-8,10,12H,9H2,1-2H3. The maximum Gasteiger partial charge on any atom is 0.400 e. The largest absolute Gasteiger partial charge is 0.431 e. The summed E-state index contributed by atoms with van der Waals surface area (Å²) in [6.45, 7) is 3.26. The smallest absolute Gasteiger partial charge is 0.400 e. The highest BCUT2D eigenvalue weighted by Crippen LogP contribution is 2.45. The summed E-state index contributed by atoms with van der Waals surface area (Å²) in [6, 6.07) is 11.7. The Bertz CT molecular complexity index is 1010. The van der Waals surface area contributed by atoms with Gasteiger partial charge in [-0.2, -0.15) is 8.78 Å². The summed E-state index contributed by atoms with van der Waals surface area (Å²) in [5, 5.41) is 0.0889. The average Bonchev–Trinajstić information content (AvgIpc) is 2.59. The topological polar surface area (TPSA) is 9.23 Å². The molecule has 134 valence electrons. The number of halogens is 4. The predicted molar refractivity (Wildman–Crippen MR) is 92.5 cm³/mol. The maximum atomic E-state index is 14.9. The number of hydrogen-bond acceptors (Lipinski definition) is 1. The first-order valence-electron chi connectivity index (χ1n) is 8.35. The van der Waals surface area contributed by atoms with Crippen molar-refractivity contribution < 1.29 is 22.3 Å². The van der Waals surface area contributed by atoms with Gasteiger partial charge in [-0.3, -0.25) is 0 Å². The molecule has 5 heteroatoms. The Morgan fingerprint density at radius 1 is 1.00 bits per heavy atom. The van der Waals surface area contributed by atoms with Gasteiger partial charge in [0.1, 0.15) is 5.75 Å². The second kappa shape index (κ2) is 5.73. The van der Waals surface area contributed by atoms with Crippen LogP contribution >= 0.6 is 0 Å².